The molecule has 0 aromatic rings. The van der Waals surface area contributed by atoms with E-state index in [9.17, 15) is 8.42 Å². The molecule has 5 nitrogen and oxygen atoms in total. The molecule has 0 amide bonds. The summed E-state index contributed by atoms with van der Waals surface area (Å²) < 4.78 is 26.0. The van der Waals surface area contributed by atoms with E-state index < -0.39 is 10.2 Å². The Bertz CT molecular complexity index is 213. The third-order valence-corrected chi connectivity index (χ3v) is 3.09. The van der Waals surface area contributed by atoms with Gasteiger partial charge in [-0.05, 0) is 19.9 Å². The summed E-state index contributed by atoms with van der Waals surface area (Å²) in [7, 11) is -0.325. The third-order valence-electron chi connectivity index (χ3n) is 1.43. The molecule has 0 rings (SSSR count). The zero-order valence-corrected chi connectivity index (χ0v) is 8.56. The first-order chi connectivity index (χ1) is 5.40. The Hall–Kier alpha value is -0.170. The largest absolute Gasteiger partial charge is 0.330 e. The maximum Gasteiger partial charge on any atom is 0.279 e. The summed E-state index contributed by atoms with van der Waals surface area (Å²) in [5.74, 6) is 0. The SMILES string of the molecule is CC(CCN)NS(=O)(=O)N(C)C. The second-order valence-electron chi connectivity index (χ2n) is 2.88. The molecule has 0 heterocycles. The molecule has 0 radical (unpaired) electrons. The van der Waals surface area contributed by atoms with E-state index in [1.807, 2.05) is 0 Å². The fourth-order valence-corrected chi connectivity index (χ4v) is 1.51. The van der Waals surface area contributed by atoms with Gasteiger partial charge in [-0.3, -0.25) is 0 Å². The molecule has 0 aromatic heterocycles. The molecular weight excluding hydrogens is 178 g/mol. The molecule has 3 N–H and O–H groups in total. The number of rotatable bonds is 5. The Morgan fingerprint density at radius 2 is 2.00 bits per heavy atom. The van der Waals surface area contributed by atoms with Crippen LogP contribution in [0.4, 0.5) is 0 Å². The Labute approximate surface area is 74.1 Å². The highest BCUT2D eigenvalue weighted by molar-refractivity contribution is 7.87. The maximum atomic E-state index is 11.2. The molecule has 0 aliphatic heterocycles. The Morgan fingerprint density at radius 3 is 2.33 bits per heavy atom. The summed E-state index contributed by atoms with van der Waals surface area (Å²) in [6.45, 7) is 2.27. The van der Waals surface area contributed by atoms with Crippen LogP contribution in [-0.2, 0) is 10.2 Å². The number of nitrogens with zero attached hydrogens (tertiary/aromatic N) is 1. The van der Waals surface area contributed by atoms with Crippen molar-refractivity contribution in [2.75, 3.05) is 20.6 Å². The smallest absolute Gasteiger partial charge is 0.279 e. The Kier molecular flexibility index (Phi) is 4.69. The van der Waals surface area contributed by atoms with Crippen molar-refractivity contribution < 1.29 is 8.42 Å². The van der Waals surface area contributed by atoms with Crippen molar-refractivity contribution in [2.45, 2.75) is 19.4 Å². The summed E-state index contributed by atoms with van der Waals surface area (Å²) in [5.41, 5.74) is 5.28. The third kappa shape index (κ3) is 4.01. The number of hydrogen-bond donors (Lipinski definition) is 2. The van der Waals surface area contributed by atoms with Crippen molar-refractivity contribution in [1.29, 1.82) is 0 Å². The average Bonchev–Trinajstić information content (AvgIpc) is 1.85. The van der Waals surface area contributed by atoms with Crippen LogP contribution in [0.25, 0.3) is 0 Å². The zero-order chi connectivity index (χ0) is 9.78. The summed E-state index contributed by atoms with van der Waals surface area (Å²) in [4.78, 5) is 0. The molecule has 0 spiro atoms. The second kappa shape index (κ2) is 4.76. The normalized spacial score (nSPS) is 15.1. The number of hydrogen-bond acceptors (Lipinski definition) is 3. The van der Waals surface area contributed by atoms with Crippen molar-refractivity contribution in [3.8, 4) is 0 Å². The zero-order valence-electron chi connectivity index (χ0n) is 7.74. The van der Waals surface area contributed by atoms with Gasteiger partial charge in [0.1, 0.15) is 0 Å². The standard InChI is InChI=1S/C6H17N3O2S/c1-6(4-5-7)8-12(10,11)9(2)3/h6,8H,4-5,7H2,1-3H3. The van der Waals surface area contributed by atoms with Crippen LogP contribution in [0.1, 0.15) is 13.3 Å². The van der Waals surface area contributed by atoms with Crippen LogP contribution in [-0.4, -0.2) is 39.4 Å². The Balaban J connectivity index is 4.07. The highest BCUT2D eigenvalue weighted by atomic mass is 32.2. The van der Waals surface area contributed by atoms with E-state index in [0.29, 0.717) is 13.0 Å². The lowest BCUT2D eigenvalue weighted by Gasteiger charge is -2.16. The molecule has 0 aromatic carbocycles. The average molecular weight is 195 g/mol. The molecule has 1 atom stereocenters. The minimum absolute atomic E-state index is 0.109. The minimum atomic E-state index is -3.29. The molecule has 0 bridgehead atoms. The minimum Gasteiger partial charge on any atom is -0.330 e. The summed E-state index contributed by atoms with van der Waals surface area (Å²) in [6, 6.07) is -0.109. The lowest BCUT2D eigenvalue weighted by atomic mass is 10.3. The number of nitrogens with two attached hydrogens (primary N) is 1. The summed E-state index contributed by atoms with van der Waals surface area (Å²) >= 11 is 0. The summed E-state index contributed by atoms with van der Waals surface area (Å²) in [5, 5.41) is 0. The molecule has 12 heavy (non-hydrogen) atoms. The van der Waals surface area contributed by atoms with Crippen molar-refractivity contribution in [2.24, 2.45) is 5.73 Å². The predicted molar refractivity (Wildman–Crippen MR) is 48.9 cm³/mol. The Morgan fingerprint density at radius 1 is 1.50 bits per heavy atom. The van der Waals surface area contributed by atoms with E-state index in [1.165, 1.54) is 14.1 Å². The molecule has 0 saturated carbocycles. The first kappa shape index (κ1) is 11.8. The van der Waals surface area contributed by atoms with Gasteiger partial charge in [0, 0.05) is 20.1 Å². The molecule has 1 unspecified atom stereocenters. The van der Waals surface area contributed by atoms with Gasteiger partial charge < -0.3 is 5.73 Å². The van der Waals surface area contributed by atoms with Gasteiger partial charge in [0.05, 0.1) is 0 Å². The van der Waals surface area contributed by atoms with E-state index in [4.69, 9.17) is 5.73 Å². The maximum absolute atomic E-state index is 11.2. The molecule has 74 valence electrons. The molecule has 0 saturated heterocycles. The van der Waals surface area contributed by atoms with Crippen LogP contribution >= 0.6 is 0 Å². The lowest BCUT2D eigenvalue weighted by Crippen LogP contribution is -2.41. The fraction of sp³-hybridized carbons (Fsp3) is 1.00. The fourth-order valence-electron chi connectivity index (χ4n) is 0.669. The van der Waals surface area contributed by atoms with Crippen LogP contribution in [0.5, 0.6) is 0 Å². The van der Waals surface area contributed by atoms with Gasteiger partial charge in [0.25, 0.3) is 10.2 Å². The first-order valence-electron chi connectivity index (χ1n) is 3.80. The van der Waals surface area contributed by atoms with Crippen LogP contribution < -0.4 is 10.5 Å². The monoisotopic (exact) mass is 195 g/mol. The van der Waals surface area contributed by atoms with Crippen molar-refractivity contribution in [3.05, 3.63) is 0 Å². The lowest BCUT2D eigenvalue weighted by molar-refractivity contribution is 0.486. The number of nitrogens with one attached hydrogen (secondary N) is 1. The van der Waals surface area contributed by atoms with E-state index in [1.54, 1.807) is 6.92 Å². The van der Waals surface area contributed by atoms with Crippen LogP contribution in [0.2, 0.25) is 0 Å². The van der Waals surface area contributed by atoms with Crippen LogP contribution in [0.15, 0.2) is 0 Å². The highest BCUT2D eigenvalue weighted by Gasteiger charge is 2.15. The van der Waals surface area contributed by atoms with Crippen molar-refractivity contribution in [3.63, 3.8) is 0 Å². The second-order valence-corrected chi connectivity index (χ2v) is 4.80. The van der Waals surface area contributed by atoms with E-state index in [0.717, 1.165) is 4.31 Å². The summed E-state index contributed by atoms with van der Waals surface area (Å²) in [6.07, 6.45) is 0.646. The van der Waals surface area contributed by atoms with Gasteiger partial charge in [0.15, 0.2) is 0 Å². The highest BCUT2D eigenvalue weighted by Crippen LogP contribution is 1.94. The molecule has 0 aliphatic carbocycles. The van der Waals surface area contributed by atoms with E-state index in [2.05, 4.69) is 4.72 Å². The van der Waals surface area contributed by atoms with Gasteiger partial charge in [-0.2, -0.15) is 17.4 Å². The van der Waals surface area contributed by atoms with E-state index in [-0.39, 0.29) is 6.04 Å². The molecular formula is C6H17N3O2S. The van der Waals surface area contributed by atoms with Crippen LogP contribution in [0.3, 0.4) is 0 Å². The first-order valence-corrected chi connectivity index (χ1v) is 5.24. The molecule has 0 fully saturated rings. The quantitative estimate of drug-likeness (QED) is 0.598. The van der Waals surface area contributed by atoms with E-state index >= 15 is 0 Å². The molecule has 0 aliphatic rings. The predicted octanol–water partition coefficient (Wildman–Crippen LogP) is -0.880. The molecule has 6 heteroatoms. The van der Waals surface area contributed by atoms with Crippen molar-refractivity contribution >= 4 is 10.2 Å². The van der Waals surface area contributed by atoms with Gasteiger partial charge in [-0.1, -0.05) is 0 Å². The van der Waals surface area contributed by atoms with Gasteiger partial charge in [0.2, 0.25) is 0 Å². The van der Waals surface area contributed by atoms with Gasteiger partial charge >= 0.3 is 0 Å². The topological polar surface area (TPSA) is 75.4 Å². The van der Waals surface area contributed by atoms with Gasteiger partial charge in [-0.25, -0.2) is 0 Å². The van der Waals surface area contributed by atoms with Crippen LogP contribution in [0, 0.1) is 0 Å². The van der Waals surface area contributed by atoms with Crippen molar-refractivity contribution in [1.82, 2.24) is 9.03 Å². The van der Waals surface area contributed by atoms with Gasteiger partial charge in [-0.15, -0.1) is 0 Å².